The summed E-state index contributed by atoms with van der Waals surface area (Å²) in [5, 5.41) is 16.7. The van der Waals surface area contributed by atoms with Gasteiger partial charge < -0.3 is 15.0 Å². The Kier molecular flexibility index (Phi) is 3.56. The Labute approximate surface area is 144 Å². The summed E-state index contributed by atoms with van der Waals surface area (Å²) >= 11 is 0. The Hall–Kier alpha value is -3.09. The number of rotatable bonds is 3. The number of nitro benzene ring substituents is 1. The second kappa shape index (κ2) is 5.77. The van der Waals surface area contributed by atoms with Crippen molar-refractivity contribution in [2.24, 2.45) is 0 Å². The van der Waals surface area contributed by atoms with Crippen molar-refractivity contribution >= 4 is 38.9 Å². The van der Waals surface area contributed by atoms with Gasteiger partial charge in [0, 0.05) is 36.8 Å². The molecule has 4 rings (SSSR count). The lowest BCUT2D eigenvalue weighted by Crippen LogP contribution is -2.26. The Bertz CT molecular complexity index is 1000. The fourth-order valence-corrected chi connectivity index (χ4v) is 3.48. The number of likely N-dealkylation sites (N-methyl/N-ethyl adjacent to an activating group) is 1. The van der Waals surface area contributed by atoms with Crippen molar-refractivity contribution in [2.45, 2.75) is 6.92 Å². The first-order valence-electron chi connectivity index (χ1n) is 8.21. The molecule has 25 heavy (non-hydrogen) atoms. The molecule has 1 aliphatic heterocycles. The average molecular weight is 338 g/mol. The molecule has 0 bridgehead atoms. The summed E-state index contributed by atoms with van der Waals surface area (Å²) in [6.45, 7) is 4.48. The van der Waals surface area contributed by atoms with Crippen LogP contribution >= 0.6 is 0 Å². The van der Waals surface area contributed by atoms with Crippen LogP contribution in [0.25, 0.3) is 21.8 Å². The number of hydrogen-bond acceptors (Lipinski definition) is 6. The van der Waals surface area contributed by atoms with Crippen molar-refractivity contribution in [3.05, 3.63) is 40.4 Å². The molecule has 1 aromatic heterocycles. The second-order valence-electron chi connectivity index (χ2n) is 5.96. The number of non-ortho nitro benzene ring substituents is 1. The molecule has 0 aliphatic carbocycles. The second-order valence-corrected chi connectivity index (χ2v) is 5.96. The number of nitrogens with one attached hydrogen (secondary N) is 1. The third kappa shape index (κ3) is 2.31. The Morgan fingerprint density at radius 2 is 2.20 bits per heavy atom. The highest BCUT2D eigenvalue weighted by molar-refractivity contribution is 6.15. The third-order valence-corrected chi connectivity index (χ3v) is 4.69. The molecule has 0 spiro atoms. The average Bonchev–Trinajstić information content (AvgIpc) is 2.82. The van der Waals surface area contributed by atoms with Gasteiger partial charge in [-0.2, -0.15) is 0 Å². The molecule has 0 atom stereocenters. The van der Waals surface area contributed by atoms with E-state index in [1.807, 2.05) is 24.3 Å². The minimum Gasteiger partial charge on any atom is -0.497 e. The molecule has 0 amide bonds. The maximum absolute atomic E-state index is 11.5. The Balaban J connectivity index is 2.19. The minimum absolute atomic E-state index is 0.0254. The zero-order chi connectivity index (χ0) is 17.6. The van der Waals surface area contributed by atoms with Crippen molar-refractivity contribution < 1.29 is 9.66 Å². The van der Waals surface area contributed by atoms with Crippen LogP contribution in [0.1, 0.15) is 6.92 Å². The number of ether oxygens (including phenoxy) is 1. The number of pyridine rings is 1. The maximum atomic E-state index is 11.5. The molecule has 1 N–H and O–H groups in total. The zero-order valence-corrected chi connectivity index (χ0v) is 14.1. The molecule has 2 aromatic carbocycles. The number of benzene rings is 2. The standard InChI is InChI=1S/C18H18N4O3/c1-3-21-9-8-19-17-12-10-11(25-2)4-5-13(12)20-18-15(22(23)24)7-6-14(21)16(17)18/h4-7,10,19H,3,8-9H2,1-2H3. The summed E-state index contributed by atoms with van der Waals surface area (Å²) < 4.78 is 5.34. The first-order valence-corrected chi connectivity index (χ1v) is 8.21. The van der Waals surface area contributed by atoms with Crippen LogP contribution in [0.5, 0.6) is 5.75 Å². The Morgan fingerprint density at radius 1 is 1.36 bits per heavy atom. The van der Waals surface area contributed by atoms with Gasteiger partial charge in [0.1, 0.15) is 5.75 Å². The van der Waals surface area contributed by atoms with Crippen LogP contribution in [0.2, 0.25) is 0 Å². The van der Waals surface area contributed by atoms with E-state index in [0.717, 1.165) is 47.5 Å². The number of nitro groups is 1. The van der Waals surface area contributed by atoms with Crippen LogP contribution in [0.3, 0.4) is 0 Å². The lowest BCUT2D eigenvalue weighted by molar-refractivity contribution is -0.383. The normalized spacial score (nSPS) is 13.6. The number of nitrogens with zero attached hydrogens (tertiary/aromatic N) is 3. The molecule has 0 saturated heterocycles. The van der Waals surface area contributed by atoms with E-state index in [1.54, 1.807) is 13.2 Å². The SMILES string of the molecule is CCN1CCNc2c3cc(OC)ccc3nc3c([N+](=O)[O-])ccc1c23. The molecule has 2 heterocycles. The van der Waals surface area contributed by atoms with Crippen LogP contribution < -0.4 is 15.0 Å². The summed E-state index contributed by atoms with van der Waals surface area (Å²) in [5.41, 5.74) is 3.01. The molecule has 3 aromatic rings. The van der Waals surface area contributed by atoms with Crippen molar-refractivity contribution in [1.29, 1.82) is 0 Å². The van der Waals surface area contributed by atoms with Crippen LogP contribution in [0.15, 0.2) is 30.3 Å². The van der Waals surface area contributed by atoms with Crippen molar-refractivity contribution in [3.8, 4) is 5.75 Å². The number of methoxy groups -OCH3 is 1. The molecular formula is C18H18N4O3. The molecule has 0 saturated carbocycles. The monoisotopic (exact) mass is 338 g/mol. The van der Waals surface area contributed by atoms with Gasteiger partial charge in [-0.05, 0) is 31.2 Å². The van der Waals surface area contributed by atoms with Gasteiger partial charge in [0.2, 0.25) is 0 Å². The van der Waals surface area contributed by atoms with E-state index >= 15 is 0 Å². The summed E-state index contributed by atoms with van der Waals surface area (Å²) in [6, 6.07) is 8.96. The summed E-state index contributed by atoms with van der Waals surface area (Å²) in [7, 11) is 1.62. The maximum Gasteiger partial charge on any atom is 0.295 e. The van der Waals surface area contributed by atoms with E-state index in [1.165, 1.54) is 0 Å². The lowest BCUT2D eigenvalue weighted by Gasteiger charge is -2.22. The zero-order valence-electron chi connectivity index (χ0n) is 14.1. The molecule has 0 radical (unpaired) electrons. The first-order chi connectivity index (χ1) is 12.1. The molecule has 7 nitrogen and oxygen atoms in total. The quantitative estimate of drug-likeness (QED) is 0.447. The van der Waals surface area contributed by atoms with E-state index in [0.29, 0.717) is 11.0 Å². The fourth-order valence-electron chi connectivity index (χ4n) is 3.48. The third-order valence-electron chi connectivity index (χ3n) is 4.69. The highest BCUT2D eigenvalue weighted by atomic mass is 16.6. The molecule has 128 valence electrons. The van der Waals surface area contributed by atoms with E-state index in [4.69, 9.17) is 4.74 Å². The van der Waals surface area contributed by atoms with Crippen LogP contribution in [0, 0.1) is 10.1 Å². The lowest BCUT2D eigenvalue weighted by atomic mass is 10.0. The molecule has 7 heteroatoms. The molecule has 0 fully saturated rings. The van der Waals surface area contributed by atoms with E-state index in [-0.39, 0.29) is 10.6 Å². The largest absolute Gasteiger partial charge is 0.497 e. The van der Waals surface area contributed by atoms with Crippen LogP contribution in [0.4, 0.5) is 17.1 Å². The number of aromatic nitrogens is 1. The van der Waals surface area contributed by atoms with Gasteiger partial charge in [0.25, 0.3) is 5.69 Å². The Morgan fingerprint density at radius 3 is 2.92 bits per heavy atom. The van der Waals surface area contributed by atoms with E-state index in [2.05, 4.69) is 22.1 Å². The van der Waals surface area contributed by atoms with Gasteiger partial charge in [0.15, 0.2) is 5.52 Å². The smallest absolute Gasteiger partial charge is 0.295 e. The number of fused-ring (bicyclic) bond motifs is 2. The van der Waals surface area contributed by atoms with Gasteiger partial charge in [-0.3, -0.25) is 10.1 Å². The van der Waals surface area contributed by atoms with E-state index in [9.17, 15) is 10.1 Å². The van der Waals surface area contributed by atoms with E-state index < -0.39 is 0 Å². The van der Waals surface area contributed by atoms with Crippen LogP contribution in [-0.4, -0.2) is 36.7 Å². The predicted molar refractivity (Wildman–Crippen MR) is 98.8 cm³/mol. The number of anilines is 2. The van der Waals surface area contributed by atoms with Gasteiger partial charge in [-0.25, -0.2) is 4.98 Å². The van der Waals surface area contributed by atoms with Gasteiger partial charge in [-0.1, -0.05) is 0 Å². The predicted octanol–water partition coefficient (Wildman–Crippen LogP) is 3.56. The fraction of sp³-hybridized carbons (Fsp3) is 0.278. The van der Waals surface area contributed by atoms with Crippen molar-refractivity contribution in [3.63, 3.8) is 0 Å². The van der Waals surface area contributed by atoms with Crippen LogP contribution in [-0.2, 0) is 0 Å². The summed E-state index contributed by atoms with van der Waals surface area (Å²) in [6.07, 6.45) is 0. The minimum atomic E-state index is -0.369. The van der Waals surface area contributed by atoms with Gasteiger partial charge in [-0.15, -0.1) is 0 Å². The number of hydrogen-bond donors (Lipinski definition) is 1. The highest BCUT2D eigenvalue weighted by Crippen LogP contribution is 2.42. The molecular weight excluding hydrogens is 320 g/mol. The van der Waals surface area contributed by atoms with Gasteiger partial charge in [0.05, 0.1) is 28.6 Å². The van der Waals surface area contributed by atoms with Gasteiger partial charge >= 0.3 is 0 Å². The van der Waals surface area contributed by atoms with Crippen molar-refractivity contribution in [2.75, 3.05) is 37.0 Å². The molecule has 0 unspecified atom stereocenters. The first kappa shape index (κ1) is 15.4. The summed E-state index contributed by atoms with van der Waals surface area (Å²) in [5.74, 6) is 0.732. The topological polar surface area (TPSA) is 80.5 Å². The van der Waals surface area contributed by atoms with Crippen molar-refractivity contribution in [1.82, 2.24) is 4.98 Å². The molecule has 1 aliphatic rings. The highest BCUT2D eigenvalue weighted by Gasteiger charge is 2.25. The summed E-state index contributed by atoms with van der Waals surface area (Å²) in [4.78, 5) is 18.0.